The van der Waals surface area contributed by atoms with Crippen molar-refractivity contribution in [2.45, 2.75) is 138 Å². The lowest BCUT2D eigenvalue weighted by Crippen LogP contribution is -2.55. The molecule has 0 saturated carbocycles. The summed E-state index contributed by atoms with van der Waals surface area (Å²) in [5, 5.41) is 11.6. The fourth-order valence-corrected chi connectivity index (χ4v) is 4.77. The SMILES string of the molecule is CCCCC(CC)COC(=O)CC(O)(C(=O)OCC(CC)CCCC)C(C(C)=O)C(=O)OCC(CC)CCCC. The van der Waals surface area contributed by atoms with Crippen LogP contribution in [0, 0.1) is 23.7 Å². The first-order chi connectivity index (χ1) is 19.0. The molecule has 0 aliphatic carbocycles. The van der Waals surface area contributed by atoms with E-state index in [1.807, 2.05) is 20.8 Å². The van der Waals surface area contributed by atoms with E-state index < -0.39 is 41.6 Å². The second-order valence-corrected chi connectivity index (χ2v) is 11.3. The van der Waals surface area contributed by atoms with Gasteiger partial charge in [0.05, 0.1) is 26.2 Å². The number of rotatable bonds is 24. The first kappa shape index (κ1) is 38.0. The topological polar surface area (TPSA) is 116 Å². The van der Waals surface area contributed by atoms with Crippen molar-refractivity contribution in [3.05, 3.63) is 0 Å². The maximum absolute atomic E-state index is 13.4. The van der Waals surface area contributed by atoms with Gasteiger partial charge in [0.15, 0.2) is 11.5 Å². The molecule has 0 saturated heterocycles. The van der Waals surface area contributed by atoms with Gasteiger partial charge >= 0.3 is 17.9 Å². The molecule has 8 heteroatoms. The van der Waals surface area contributed by atoms with Gasteiger partial charge in [-0.2, -0.15) is 0 Å². The highest BCUT2D eigenvalue weighted by Gasteiger charge is 2.54. The van der Waals surface area contributed by atoms with E-state index in [0.29, 0.717) is 0 Å². The van der Waals surface area contributed by atoms with Crippen molar-refractivity contribution >= 4 is 23.7 Å². The van der Waals surface area contributed by atoms with Crippen LogP contribution in [0.5, 0.6) is 0 Å². The number of carbonyl (C=O) groups excluding carboxylic acids is 4. The Morgan fingerprint density at radius 1 is 0.650 bits per heavy atom. The van der Waals surface area contributed by atoms with Gasteiger partial charge in [0.2, 0.25) is 0 Å². The van der Waals surface area contributed by atoms with Crippen LogP contribution in [0.2, 0.25) is 0 Å². The molecule has 0 fully saturated rings. The van der Waals surface area contributed by atoms with Crippen molar-refractivity contribution in [2.24, 2.45) is 23.7 Å². The zero-order valence-electron chi connectivity index (χ0n) is 26.4. The molecule has 0 bridgehead atoms. The van der Waals surface area contributed by atoms with Gasteiger partial charge in [-0.1, -0.05) is 99.3 Å². The minimum absolute atomic E-state index is 0.0240. The Labute approximate surface area is 243 Å². The third-order valence-corrected chi connectivity index (χ3v) is 7.91. The number of Topliss-reactive ketones (excluding diaryl/α,β-unsaturated/α-hetero) is 1. The molecular weight excluding hydrogens is 512 g/mol. The number of carbonyl (C=O) groups is 4. The lowest BCUT2D eigenvalue weighted by molar-refractivity contribution is -0.189. The third kappa shape index (κ3) is 14.1. The molecule has 0 heterocycles. The standard InChI is InChI=1S/C32H58O8/c1-8-14-17-25(11-4)21-38-28(34)20-32(37,31(36)40-23-27(13-6)19-16-10-3)29(24(7)33)30(35)39-22-26(12-5)18-15-9-2/h25-27,29,37H,8-23H2,1-7H3. The second-order valence-electron chi connectivity index (χ2n) is 11.3. The van der Waals surface area contributed by atoms with Gasteiger partial charge in [-0.15, -0.1) is 0 Å². The molecule has 8 nitrogen and oxygen atoms in total. The van der Waals surface area contributed by atoms with Crippen molar-refractivity contribution in [1.29, 1.82) is 0 Å². The number of esters is 3. The fraction of sp³-hybridized carbons (Fsp3) is 0.875. The number of hydrogen-bond acceptors (Lipinski definition) is 8. The third-order valence-electron chi connectivity index (χ3n) is 7.91. The molecule has 0 spiro atoms. The molecule has 0 aromatic carbocycles. The Balaban J connectivity index is 5.90. The van der Waals surface area contributed by atoms with Crippen LogP contribution in [0.25, 0.3) is 0 Å². The van der Waals surface area contributed by atoms with Crippen LogP contribution in [0.15, 0.2) is 0 Å². The highest BCUT2D eigenvalue weighted by atomic mass is 16.6. The van der Waals surface area contributed by atoms with Crippen LogP contribution < -0.4 is 0 Å². The monoisotopic (exact) mass is 570 g/mol. The number of unbranched alkanes of at least 4 members (excludes halogenated alkanes) is 3. The number of aliphatic hydroxyl groups is 1. The predicted octanol–water partition coefficient (Wildman–Crippen LogP) is 6.59. The van der Waals surface area contributed by atoms with Crippen molar-refractivity contribution in [3.8, 4) is 0 Å². The quantitative estimate of drug-likeness (QED) is 0.0785. The number of hydrogen-bond donors (Lipinski definition) is 1. The molecule has 0 amide bonds. The Hall–Kier alpha value is -1.96. The van der Waals surface area contributed by atoms with Gasteiger partial charge in [-0.05, 0) is 43.9 Å². The van der Waals surface area contributed by atoms with Crippen molar-refractivity contribution in [3.63, 3.8) is 0 Å². The number of ketones is 1. The van der Waals surface area contributed by atoms with Crippen LogP contribution in [-0.2, 0) is 33.4 Å². The molecule has 0 rings (SSSR count). The van der Waals surface area contributed by atoms with Crippen LogP contribution in [0.4, 0.5) is 0 Å². The Morgan fingerprint density at radius 2 is 1.05 bits per heavy atom. The molecule has 1 N–H and O–H groups in total. The smallest absolute Gasteiger partial charge is 0.340 e. The van der Waals surface area contributed by atoms with Crippen LogP contribution in [0.1, 0.15) is 132 Å². The average Bonchev–Trinajstić information content (AvgIpc) is 2.92. The molecule has 0 radical (unpaired) electrons. The molecule has 40 heavy (non-hydrogen) atoms. The summed E-state index contributed by atoms with van der Waals surface area (Å²) in [6.45, 7) is 13.6. The highest BCUT2D eigenvalue weighted by Crippen LogP contribution is 2.29. The van der Waals surface area contributed by atoms with E-state index in [1.165, 1.54) is 0 Å². The van der Waals surface area contributed by atoms with E-state index in [9.17, 15) is 24.3 Å². The van der Waals surface area contributed by atoms with Crippen molar-refractivity contribution in [2.75, 3.05) is 19.8 Å². The molecule has 5 atom stereocenters. The normalized spacial score (nSPS) is 15.8. The molecule has 5 unspecified atom stereocenters. The van der Waals surface area contributed by atoms with E-state index in [1.54, 1.807) is 0 Å². The van der Waals surface area contributed by atoms with Gasteiger partial charge in [0.1, 0.15) is 5.78 Å². The maximum Gasteiger partial charge on any atom is 0.340 e. The van der Waals surface area contributed by atoms with Gasteiger partial charge in [0.25, 0.3) is 0 Å². The maximum atomic E-state index is 13.4. The second kappa shape index (κ2) is 21.7. The van der Waals surface area contributed by atoms with Gasteiger partial charge in [0, 0.05) is 0 Å². The summed E-state index contributed by atoms with van der Waals surface area (Å²) in [6, 6.07) is 0. The Bertz CT molecular complexity index is 736. The largest absolute Gasteiger partial charge is 0.465 e. The van der Waals surface area contributed by atoms with E-state index in [0.717, 1.165) is 84.0 Å². The van der Waals surface area contributed by atoms with Gasteiger partial charge < -0.3 is 19.3 Å². The zero-order chi connectivity index (χ0) is 30.6. The van der Waals surface area contributed by atoms with Gasteiger partial charge in [-0.3, -0.25) is 14.4 Å². The summed E-state index contributed by atoms with van der Waals surface area (Å²) >= 11 is 0. The minimum atomic E-state index is -2.72. The lowest BCUT2D eigenvalue weighted by Gasteiger charge is -2.31. The lowest BCUT2D eigenvalue weighted by atomic mass is 9.81. The first-order valence-electron chi connectivity index (χ1n) is 15.8. The molecule has 0 aromatic heterocycles. The summed E-state index contributed by atoms with van der Waals surface area (Å²) in [7, 11) is 0. The summed E-state index contributed by atoms with van der Waals surface area (Å²) in [5.41, 5.74) is -2.72. The summed E-state index contributed by atoms with van der Waals surface area (Å²) in [6.07, 6.45) is 10.0. The number of ether oxygens (including phenoxy) is 3. The highest BCUT2D eigenvalue weighted by molar-refractivity contribution is 6.05. The molecule has 0 aliphatic heterocycles. The summed E-state index contributed by atoms with van der Waals surface area (Å²) in [4.78, 5) is 52.3. The van der Waals surface area contributed by atoms with Gasteiger partial charge in [-0.25, -0.2) is 4.79 Å². The average molecular weight is 571 g/mol. The van der Waals surface area contributed by atoms with E-state index in [-0.39, 0.29) is 37.6 Å². The van der Waals surface area contributed by atoms with Crippen molar-refractivity contribution < 1.29 is 38.5 Å². The van der Waals surface area contributed by atoms with Crippen molar-refractivity contribution in [1.82, 2.24) is 0 Å². The minimum Gasteiger partial charge on any atom is -0.465 e. The Kier molecular flexibility index (Phi) is 20.7. The molecule has 234 valence electrons. The molecule has 0 aromatic rings. The van der Waals surface area contributed by atoms with E-state index in [2.05, 4.69) is 20.8 Å². The first-order valence-corrected chi connectivity index (χ1v) is 15.8. The van der Waals surface area contributed by atoms with Crippen LogP contribution in [-0.4, -0.2) is 54.2 Å². The van der Waals surface area contributed by atoms with Crippen LogP contribution in [0.3, 0.4) is 0 Å². The molecular formula is C32H58O8. The molecule has 0 aliphatic rings. The van der Waals surface area contributed by atoms with Crippen LogP contribution >= 0.6 is 0 Å². The summed E-state index contributed by atoms with van der Waals surface area (Å²) in [5.74, 6) is -5.42. The summed E-state index contributed by atoms with van der Waals surface area (Å²) < 4.78 is 16.4. The van der Waals surface area contributed by atoms with E-state index >= 15 is 0 Å². The zero-order valence-corrected chi connectivity index (χ0v) is 26.4. The Morgan fingerprint density at radius 3 is 1.43 bits per heavy atom. The predicted molar refractivity (Wildman–Crippen MR) is 157 cm³/mol. The van der Waals surface area contributed by atoms with E-state index in [4.69, 9.17) is 14.2 Å². The fourth-order valence-electron chi connectivity index (χ4n) is 4.77.